The number of thioether (sulfide) groups is 1. The maximum atomic E-state index is 13.4. The van der Waals surface area contributed by atoms with E-state index in [-0.39, 0.29) is 11.4 Å². The number of rotatable bonds is 8. The molecule has 0 aromatic heterocycles. The van der Waals surface area contributed by atoms with Crippen molar-refractivity contribution in [2.45, 2.75) is 58.9 Å². The number of nitrogens with zero attached hydrogens (tertiary/aromatic N) is 3. The average Bonchev–Trinajstić information content (AvgIpc) is 3.11. The Hall–Kier alpha value is -2.57. The standard InChI is InChI=1S/C29H37N3O2S/c1-6-15-32-25-14-13-22(18-24(25)21(3)20-29(32,4)5)19-26-27(33)31(16-17-34-7-2)28(35-26)30-23-11-9-8-10-12-23/h8-14,18-19,21H,6-7,15-17,20H2,1-5H3/b26-19+,30-28?. The molecule has 1 fully saturated rings. The van der Waals surface area contributed by atoms with Gasteiger partial charge in [0, 0.05) is 24.4 Å². The van der Waals surface area contributed by atoms with E-state index in [9.17, 15) is 4.79 Å². The summed E-state index contributed by atoms with van der Waals surface area (Å²) >= 11 is 1.44. The summed E-state index contributed by atoms with van der Waals surface area (Å²) in [4.78, 5) is 23.1. The van der Waals surface area contributed by atoms with Crippen LogP contribution in [0.15, 0.2) is 58.4 Å². The lowest BCUT2D eigenvalue weighted by Gasteiger charge is -2.47. The summed E-state index contributed by atoms with van der Waals surface area (Å²) < 4.78 is 5.53. The van der Waals surface area contributed by atoms with E-state index in [1.54, 1.807) is 4.90 Å². The predicted octanol–water partition coefficient (Wildman–Crippen LogP) is 6.83. The molecule has 1 amide bonds. The van der Waals surface area contributed by atoms with Crippen LogP contribution in [0.5, 0.6) is 0 Å². The summed E-state index contributed by atoms with van der Waals surface area (Å²) in [5.74, 6) is 0.459. The highest BCUT2D eigenvalue weighted by molar-refractivity contribution is 8.18. The third-order valence-corrected chi connectivity index (χ3v) is 7.69. The number of benzene rings is 2. The molecular formula is C29H37N3O2S. The van der Waals surface area contributed by atoms with E-state index < -0.39 is 0 Å². The molecule has 2 aliphatic heterocycles. The van der Waals surface area contributed by atoms with Crippen molar-refractivity contribution in [2.75, 3.05) is 31.2 Å². The highest BCUT2D eigenvalue weighted by Crippen LogP contribution is 2.44. The van der Waals surface area contributed by atoms with Gasteiger partial charge in [0.15, 0.2) is 5.17 Å². The number of para-hydroxylation sites is 1. The second-order valence-electron chi connectivity index (χ2n) is 9.88. The quantitative estimate of drug-likeness (QED) is 0.300. The van der Waals surface area contributed by atoms with Crippen LogP contribution in [0.25, 0.3) is 6.08 Å². The minimum absolute atomic E-state index is 0.0103. The second-order valence-corrected chi connectivity index (χ2v) is 10.9. The molecule has 1 saturated heterocycles. The Morgan fingerprint density at radius 1 is 1.14 bits per heavy atom. The Labute approximate surface area is 214 Å². The maximum absolute atomic E-state index is 13.4. The third kappa shape index (κ3) is 5.65. The van der Waals surface area contributed by atoms with Crippen molar-refractivity contribution < 1.29 is 9.53 Å². The lowest BCUT2D eigenvalue weighted by atomic mass is 9.79. The molecule has 2 aromatic carbocycles. The summed E-state index contributed by atoms with van der Waals surface area (Å²) in [7, 11) is 0. The van der Waals surface area contributed by atoms with Gasteiger partial charge < -0.3 is 9.64 Å². The van der Waals surface area contributed by atoms with Crippen LogP contribution >= 0.6 is 11.8 Å². The average molecular weight is 492 g/mol. The van der Waals surface area contributed by atoms with Crippen LogP contribution in [0.2, 0.25) is 0 Å². The molecule has 2 aliphatic rings. The molecule has 0 radical (unpaired) electrons. The van der Waals surface area contributed by atoms with Crippen molar-refractivity contribution >= 4 is 40.3 Å². The molecule has 4 rings (SSSR count). The molecule has 186 valence electrons. The molecule has 0 aliphatic carbocycles. The van der Waals surface area contributed by atoms with Gasteiger partial charge in [0.05, 0.1) is 23.7 Å². The van der Waals surface area contributed by atoms with Crippen LogP contribution in [0.4, 0.5) is 11.4 Å². The van der Waals surface area contributed by atoms with E-state index in [1.807, 2.05) is 43.3 Å². The van der Waals surface area contributed by atoms with E-state index >= 15 is 0 Å². The third-order valence-electron chi connectivity index (χ3n) is 6.69. The minimum Gasteiger partial charge on any atom is -0.380 e. The Morgan fingerprint density at radius 3 is 2.63 bits per heavy atom. The van der Waals surface area contributed by atoms with E-state index in [0.717, 1.165) is 30.6 Å². The number of anilines is 1. The highest BCUT2D eigenvalue weighted by atomic mass is 32.2. The summed E-state index contributed by atoms with van der Waals surface area (Å²) in [5.41, 5.74) is 4.74. The van der Waals surface area contributed by atoms with Gasteiger partial charge in [0.25, 0.3) is 5.91 Å². The first-order valence-corrected chi connectivity index (χ1v) is 13.5. The summed E-state index contributed by atoms with van der Waals surface area (Å²) in [5, 5.41) is 0.703. The molecule has 0 spiro atoms. The van der Waals surface area contributed by atoms with Gasteiger partial charge >= 0.3 is 0 Å². The largest absolute Gasteiger partial charge is 0.380 e. The fourth-order valence-electron chi connectivity index (χ4n) is 5.10. The molecule has 6 heteroatoms. The molecule has 35 heavy (non-hydrogen) atoms. The summed E-state index contributed by atoms with van der Waals surface area (Å²) in [6.45, 7) is 13.9. The zero-order chi connectivity index (χ0) is 25.0. The fraction of sp³-hybridized carbons (Fsp3) is 0.448. The van der Waals surface area contributed by atoms with Gasteiger partial charge in [-0.15, -0.1) is 0 Å². The van der Waals surface area contributed by atoms with E-state index in [4.69, 9.17) is 9.73 Å². The molecule has 2 heterocycles. The first-order chi connectivity index (χ1) is 16.8. The first kappa shape index (κ1) is 25.5. The minimum atomic E-state index is -0.0103. The van der Waals surface area contributed by atoms with Gasteiger partial charge in [-0.05, 0) is 92.8 Å². The van der Waals surface area contributed by atoms with Gasteiger partial charge in [-0.2, -0.15) is 0 Å². The van der Waals surface area contributed by atoms with E-state index in [1.165, 1.54) is 23.0 Å². The van der Waals surface area contributed by atoms with Crippen LogP contribution < -0.4 is 4.90 Å². The Kier molecular flexibility index (Phi) is 8.02. The number of ether oxygens (including phenoxy) is 1. The number of fused-ring (bicyclic) bond motifs is 1. The van der Waals surface area contributed by atoms with Crippen LogP contribution in [-0.2, 0) is 9.53 Å². The smallest absolute Gasteiger partial charge is 0.266 e. The monoisotopic (exact) mass is 491 g/mol. The first-order valence-electron chi connectivity index (χ1n) is 12.7. The summed E-state index contributed by atoms with van der Waals surface area (Å²) in [6.07, 6.45) is 4.26. The summed E-state index contributed by atoms with van der Waals surface area (Å²) in [6, 6.07) is 16.4. The van der Waals surface area contributed by atoms with Crippen LogP contribution in [0, 0.1) is 0 Å². The van der Waals surface area contributed by atoms with E-state index in [2.05, 4.69) is 50.8 Å². The topological polar surface area (TPSA) is 45.1 Å². The lowest BCUT2D eigenvalue weighted by molar-refractivity contribution is -0.122. The maximum Gasteiger partial charge on any atom is 0.266 e. The molecule has 1 atom stereocenters. The van der Waals surface area contributed by atoms with Gasteiger partial charge in [0.1, 0.15) is 0 Å². The molecule has 0 saturated carbocycles. The van der Waals surface area contributed by atoms with Crippen LogP contribution in [0.1, 0.15) is 64.5 Å². The molecule has 5 nitrogen and oxygen atoms in total. The fourth-order valence-corrected chi connectivity index (χ4v) is 6.12. The Balaban J connectivity index is 1.65. The van der Waals surface area contributed by atoms with Crippen molar-refractivity contribution in [2.24, 2.45) is 4.99 Å². The SMILES string of the molecule is CCCN1c2ccc(/C=C3/SC(=Nc4ccccc4)N(CCOCC)C3=O)cc2C(C)CC1(C)C. The molecule has 1 unspecified atom stereocenters. The van der Waals surface area contributed by atoms with Crippen molar-refractivity contribution in [3.8, 4) is 0 Å². The normalized spacial score (nSPS) is 21.7. The zero-order valence-corrected chi connectivity index (χ0v) is 22.4. The van der Waals surface area contributed by atoms with Gasteiger partial charge in [-0.3, -0.25) is 9.69 Å². The number of carbonyl (C=O) groups is 1. The number of amides is 1. The zero-order valence-electron chi connectivity index (χ0n) is 21.6. The number of hydrogen-bond acceptors (Lipinski definition) is 5. The molecule has 2 aromatic rings. The van der Waals surface area contributed by atoms with Crippen molar-refractivity contribution in [1.29, 1.82) is 0 Å². The number of carbonyl (C=O) groups excluding carboxylic acids is 1. The van der Waals surface area contributed by atoms with Crippen molar-refractivity contribution in [3.63, 3.8) is 0 Å². The van der Waals surface area contributed by atoms with Crippen molar-refractivity contribution in [1.82, 2.24) is 4.90 Å². The number of amidine groups is 1. The number of aliphatic imine (C=N–C) groups is 1. The van der Waals surface area contributed by atoms with Crippen LogP contribution in [-0.4, -0.2) is 47.8 Å². The Bertz CT molecular complexity index is 1110. The van der Waals surface area contributed by atoms with Crippen molar-refractivity contribution in [3.05, 3.63) is 64.6 Å². The molecular weight excluding hydrogens is 454 g/mol. The van der Waals surface area contributed by atoms with Gasteiger partial charge in [-0.1, -0.05) is 38.1 Å². The lowest BCUT2D eigenvalue weighted by Crippen LogP contribution is -2.48. The number of hydrogen-bond donors (Lipinski definition) is 0. The van der Waals surface area contributed by atoms with E-state index in [0.29, 0.717) is 35.7 Å². The molecule has 0 N–H and O–H groups in total. The second kappa shape index (κ2) is 11.0. The predicted molar refractivity (Wildman–Crippen MR) is 149 cm³/mol. The highest BCUT2D eigenvalue weighted by Gasteiger charge is 2.36. The van der Waals surface area contributed by atoms with Gasteiger partial charge in [-0.25, -0.2) is 4.99 Å². The Morgan fingerprint density at radius 2 is 1.91 bits per heavy atom. The van der Waals surface area contributed by atoms with Gasteiger partial charge in [0.2, 0.25) is 0 Å². The molecule has 0 bridgehead atoms. The van der Waals surface area contributed by atoms with Crippen LogP contribution in [0.3, 0.4) is 0 Å².